The number of carboxylic acids is 1. The van der Waals surface area contributed by atoms with Crippen LogP contribution in [-0.4, -0.2) is 50.6 Å². The Morgan fingerprint density at radius 1 is 1.46 bits per heavy atom. The third-order valence-corrected chi connectivity index (χ3v) is 4.82. The van der Waals surface area contributed by atoms with Crippen molar-refractivity contribution in [3.63, 3.8) is 0 Å². The molecule has 6 nitrogen and oxygen atoms in total. The van der Waals surface area contributed by atoms with Gasteiger partial charge in [0.15, 0.2) is 0 Å². The molecule has 2 aromatic heterocycles. The van der Waals surface area contributed by atoms with E-state index in [0.29, 0.717) is 11.8 Å². The summed E-state index contributed by atoms with van der Waals surface area (Å²) in [5.74, 6) is 1.40. The first-order valence-corrected chi connectivity index (χ1v) is 8.74. The summed E-state index contributed by atoms with van der Waals surface area (Å²) in [5, 5.41) is 9.23. The van der Waals surface area contributed by atoms with Crippen LogP contribution in [0.3, 0.4) is 0 Å². The maximum Gasteiger partial charge on any atom is 0.303 e. The molecule has 1 aliphatic heterocycles. The lowest BCUT2D eigenvalue weighted by atomic mass is 9.81. The van der Waals surface area contributed by atoms with Gasteiger partial charge in [-0.1, -0.05) is 13.8 Å². The smallest absolute Gasteiger partial charge is 0.303 e. The van der Waals surface area contributed by atoms with Crippen LogP contribution in [0.1, 0.15) is 32.5 Å². The lowest BCUT2D eigenvalue weighted by molar-refractivity contribution is -0.139. The van der Waals surface area contributed by atoms with Crippen molar-refractivity contribution in [1.29, 1.82) is 0 Å². The van der Waals surface area contributed by atoms with Crippen LogP contribution in [-0.2, 0) is 11.2 Å². The van der Waals surface area contributed by atoms with Crippen molar-refractivity contribution in [3.05, 3.63) is 24.3 Å². The fourth-order valence-corrected chi connectivity index (χ4v) is 3.82. The molecule has 1 fully saturated rings. The number of hydrogen-bond acceptors (Lipinski definition) is 4. The third kappa shape index (κ3) is 4.12. The molecule has 3 rings (SSSR count). The minimum Gasteiger partial charge on any atom is -0.481 e. The number of aromatic nitrogens is 3. The standard InChI is InChI=1S/C18H26N4O2/c1-12(2)10-22-6-4-13(8-18(23)24)14(11-22)7-17-20-15-3-5-19-9-16(15)21-17/h3,5,9,12-14H,4,6-8,10-11H2,1-2H3,(H,20,21)(H,23,24)/t13-,14-/m0/s1. The Hall–Kier alpha value is -1.95. The molecule has 2 N–H and O–H groups in total. The molecule has 3 heterocycles. The number of carboxylic acid groups (broad SMARTS) is 1. The number of nitrogens with one attached hydrogen (secondary N) is 1. The Balaban J connectivity index is 1.74. The van der Waals surface area contributed by atoms with Gasteiger partial charge in [0.25, 0.3) is 0 Å². The number of rotatable bonds is 6. The van der Waals surface area contributed by atoms with Gasteiger partial charge in [0.1, 0.15) is 5.82 Å². The number of aromatic amines is 1. The first-order chi connectivity index (χ1) is 11.5. The number of hydrogen-bond donors (Lipinski definition) is 2. The Bertz CT molecular complexity index is 664. The first kappa shape index (κ1) is 16.9. The maximum absolute atomic E-state index is 11.2. The van der Waals surface area contributed by atoms with Gasteiger partial charge in [0.05, 0.1) is 17.2 Å². The summed E-state index contributed by atoms with van der Waals surface area (Å²) in [7, 11) is 0. The van der Waals surface area contributed by atoms with Crippen LogP contribution >= 0.6 is 0 Å². The van der Waals surface area contributed by atoms with Gasteiger partial charge in [0, 0.05) is 32.1 Å². The van der Waals surface area contributed by atoms with E-state index in [9.17, 15) is 9.90 Å². The molecule has 0 unspecified atom stereocenters. The molecule has 1 saturated heterocycles. The number of imidazole rings is 1. The molecule has 0 spiro atoms. The summed E-state index contributed by atoms with van der Waals surface area (Å²) < 4.78 is 0. The number of nitrogens with zero attached hydrogens (tertiary/aromatic N) is 3. The molecule has 0 bridgehead atoms. The number of piperidine rings is 1. The monoisotopic (exact) mass is 330 g/mol. The SMILES string of the molecule is CC(C)CN1CC[C@@H](CC(=O)O)[C@@H](Cc2nc3ccncc3[nH]2)C1. The topological polar surface area (TPSA) is 82.1 Å². The van der Waals surface area contributed by atoms with Gasteiger partial charge in [-0.25, -0.2) is 4.98 Å². The number of carbonyl (C=O) groups is 1. The summed E-state index contributed by atoms with van der Waals surface area (Å²) in [6.45, 7) is 7.47. The van der Waals surface area contributed by atoms with Crippen molar-refractivity contribution < 1.29 is 9.90 Å². The molecule has 0 amide bonds. The lowest BCUT2D eigenvalue weighted by Crippen LogP contribution is -2.43. The molecule has 0 aromatic carbocycles. The van der Waals surface area contributed by atoms with E-state index in [2.05, 4.69) is 33.7 Å². The summed E-state index contributed by atoms with van der Waals surface area (Å²) in [6, 6.07) is 1.90. The minimum absolute atomic E-state index is 0.220. The van der Waals surface area contributed by atoms with E-state index in [1.165, 1.54) is 0 Å². The zero-order chi connectivity index (χ0) is 17.1. The number of likely N-dealkylation sites (tertiary alicyclic amines) is 1. The average molecular weight is 330 g/mol. The van der Waals surface area contributed by atoms with E-state index in [1.54, 1.807) is 12.4 Å². The van der Waals surface area contributed by atoms with Crippen LogP contribution in [0.25, 0.3) is 11.0 Å². The van der Waals surface area contributed by atoms with Crippen molar-refractivity contribution in [1.82, 2.24) is 19.9 Å². The molecular weight excluding hydrogens is 304 g/mol. The largest absolute Gasteiger partial charge is 0.481 e. The van der Waals surface area contributed by atoms with Crippen molar-refractivity contribution in [2.75, 3.05) is 19.6 Å². The summed E-state index contributed by atoms with van der Waals surface area (Å²) >= 11 is 0. The fraction of sp³-hybridized carbons (Fsp3) is 0.611. The summed E-state index contributed by atoms with van der Waals surface area (Å²) in [4.78, 5) is 25.8. The van der Waals surface area contributed by atoms with Gasteiger partial charge in [-0.3, -0.25) is 9.78 Å². The third-order valence-electron chi connectivity index (χ3n) is 4.82. The van der Waals surface area contributed by atoms with Gasteiger partial charge in [-0.15, -0.1) is 0 Å². The quantitative estimate of drug-likeness (QED) is 0.850. The highest BCUT2D eigenvalue weighted by Crippen LogP contribution is 2.30. The normalized spacial score (nSPS) is 22.3. The van der Waals surface area contributed by atoms with Crippen LogP contribution in [0.15, 0.2) is 18.5 Å². The van der Waals surface area contributed by atoms with Crippen LogP contribution in [0.2, 0.25) is 0 Å². The molecule has 2 atom stereocenters. The van der Waals surface area contributed by atoms with Crippen LogP contribution in [0, 0.1) is 17.8 Å². The number of pyridine rings is 1. The highest BCUT2D eigenvalue weighted by Gasteiger charge is 2.31. The fourth-order valence-electron chi connectivity index (χ4n) is 3.82. The molecule has 0 saturated carbocycles. The highest BCUT2D eigenvalue weighted by atomic mass is 16.4. The highest BCUT2D eigenvalue weighted by molar-refractivity contribution is 5.73. The second kappa shape index (κ2) is 7.30. The Labute approximate surface area is 142 Å². The zero-order valence-corrected chi connectivity index (χ0v) is 14.4. The summed E-state index contributed by atoms with van der Waals surface area (Å²) in [6.07, 6.45) is 5.52. The predicted molar refractivity (Wildman–Crippen MR) is 92.7 cm³/mol. The Morgan fingerprint density at radius 3 is 3.00 bits per heavy atom. The van der Waals surface area contributed by atoms with E-state index < -0.39 is 5.97 Å². The van der Waals surface area contributed by atoms with Crippen LogP contribution < -0.4 is 0 Å². The molecule has 130 valence electrons. The Morgan fingerprint density at radius 2 is 2.29 bits per heavy atom. The van der Waals surface area contributed by atoms with E-state index in [0.717, 1.165) is 49.3 Å². The second-order valence-corrected chi connectivity index (χ2v) is 7.34. The van der Waals surface area contributed by atoms with Gasteiger partial charge in [-0.05, 0) is 36.8 Å². The second-order valence-electron chi connectivity index (χ2n) is 7.34. The van der Waals surface area contributed by atoms with Gasteiger partial charge in [-0.2, -0.15) is 0 Å². The first-order valence-electron chi connectivity index (χ1n) is 8.74. The van der Waals surface area contributed by atoms with Gasteiger partial charge in [0.2, 0.25) is 0 Å². The van der Waals surface area contributed by atoms with Crippen molar-refractivity contribution in [2.24, 2.45) is 17.8 Å². The molecule has 1 aliphatic rings. The Kier molecular flexibility index (Phi) is 5.14. The minimum atomic E-state index is -0.698. The molecule has 24 heavy (non-hydrogen) atoms. The van der Waals surface area contributed by atoms with E-state index in [1.807, 2.05) is 6.07 Å². The van der Waals surface area contributed by atoms with Crippen molar-refractivity contribution in [2.45, 2.75) is 33.1 Å². The molecular formula is C18H26N4O2. The lowest BCUT2D eigenvalue weighted by Gasteiger charge is -2.38. The predicted octanol–water partition coefficient (Wildman–Crippen LogP) is 2.57. The van der Waals surface area contributed by atoms with Gasteiger partial charge >= 0.3 is 5.97 Å². The van der Waals surface area contributed by atoms with Gasteiger partial charge < -0.3 is 15.0 Å². The van der Waals surface area contributed by atoms with E-state index in [4.69, 9.17) is 0 Å². The van der Waals surface area contributed by atoms with Crippen molar-refractivity contribution >= 4 is 17.0 Å². The number of H-pyrrole nitrogens is 1. The van der Waals surface area contributed by atoms with E-state index in [-0.39, 0.29) is 12.3 Å². The molecule has 6 heteroatoms. The summed E-state index contributed by atoms with van der Waals surface area (Å²) in [5.41, 5.74) is 1.86. The molecule has 0 radical (unpaired) electrons. The van der Waals surface area contributed by atoms with Crippen molar-refractivity contribution in [3.8, 4) is 0 Å². The molecule has 0 aliphatic carbocycles. The zero-order valence-electron chi connectivity index (χ0n) is 14.4. The van der Waals surface area contributed by atoms with Crippen LogP contribution in [0.5, 0.6) is 0 Å². The number of fused-ring (bicyclic) bond motifs is 1. The van der Waals surface area contributed by atoms with E-state index >= 15 is 0 Å². The number of aliphatic carboxylic acids is 1. The average Bonchev–Trinajstić information content (AvgIpc) is 2.91. The van der Waals surface area contributed by atoms with Crippen LogP contribution in [0.4, 0.5) is 0 Å². The molecule has 2 aromatic rings. The maximum atomic E-state index is 11.2.